The largest absolute Gasteiger partial charge is 0.388 e. The van der Waals surface area contributed by atoms with Crippen molar-refractivity contribution in [2.24, 2.45) is 5.92 Å². The number of carbonyl (C=O) groups is 1. The lowest BCUT2D eigenvalue weighted by molar-refractivity contribution is -0.127. The number of amides is 1. The summed E-state index contributed by atoms with van der Waals surface area (Å²) in [7, 11) is 0. The monoisotopic (exact) mass is 332 g/mol. The van der Waals surface area contributed by atoms with Crippen LogP contribution in [-0.2, 0) is 4.79 Å². The first-order valence-electron chi connectivity index (χ1n) is 9.30. The van der Waals surface area contributed by atoms with Crippen LogP contribution in [0.1, 0.15) is 58.1 Å². The van der Waals surface area contributed by atoms with Gasteiger partial charge in [0, 0.05) is 6.04 Å². The molecule has 1 heterocycles. The molecular formula is C20H32N2O2. The average Bonchev–Trinajstić information content (AvgIpc) is 2.61. The van der Waals surface area contributed by atoms with E-state index < -0.39 is 6.10 Å². The zero-order chi connectivity index (χ0) is 17.5. The molecule has 1 aliphatic rings. The third-order valence-electron chi connectivity index (χ3n) is 5.20. The Hall–Kier alpha value is -1.39. The average molecular weight is 332 g/mol. The Morgan fingerprint density at radius 2 is 1.88 bits per heavy atom. The summed E-state index contributed by atoms with van der Waals surface area (Å²) in [5.41, 5.74) is 0.995. The van der Waals surface area contributed by atoms with Crippen LogP contribution in [0.15, 0.2) is 30.3 Å². The number of carbonyl (C=O) groups excluding carboxylic acids is 1. The molecule has 3 unspecified atom stereocenters. The van der Waals surface area contributed by atoms with Gasteiger partial charge >= 0.3 is 0 Å². The van der Waals surface area contributed by atoms with Crippen molar-refractivity contribution in [3.05, 3.63) is 35.9 Å². The van der Waals surface area contributed by atoms with Crippen LogP contribution < -0.4 is 5.32 Å². The number of aliphatic hydroxyl groups is 1. The highest BCUT2D eigenvalue weighted by molar-refractivity contribution is 5.81. The van der Waals surface area contributed by atoms with E-state index in [2.05, 4.69) is 24.1 Å². The van der Waals surface area contributed by atoms with E-state index in [0.717, 1.165) is 44.3 Å². The van der Waals surface area contributed by atoms with Crippen LogP contribution in [0.3, 0.4) is 0 Å². The minimum Gasteiger partial charge on any atom is -0.388 e. The molecule has 0 bridgehead atoms. The highest BCUT2D eigenvalue weighted by atomic mass is 16.3. The molecule has 4 nitrogen and oxygen atoms in total. The minimum absolute atomic E-state index is 0.0980. The molecule has 0 radical (unpaired) electrons. The molecular weight excluding hydrogens is 300 g/mol. The number of rotatable bonds is 7. The van der Waals surface area contributed by atoms with Crippen LogP contribution in [-0.4, -0.2) is 41.1 Å². The number of aliphatic hydroxyl groups excluding tert-OH is 1. The molecule has 0 aromatic heterocycles. The molecule has 3 atom stereocenters. The van der Waals surface area contributed by atoms with Gasteiger partial charge in [0.15, 0.2) is 0 Å². The van der Waals surface area contributed by atoms with E-state index in [-0.39, 0.29) is 23.9 Å². The topological polar surface area (TPSA) is 52.6 Å². The van der Waals surface area contributed by atoms with Gasteiger partial charge in [-0.2, -0.15) is 0 Å². The summed E-state index contributed by atoms with van der Waals surface area (Å²) in [6.07, 6.45) is 3.56. The molecule has 1 saturated heterocycles. The molecule has 0 saturated carbocycles. The van der Waals surface area contributed by atoms with Crippen molar-refractivity contribution in [1.82, 2.24) is 10.2 Å². The van der Waals surface area contributed by atoms with Crippen LogP contribution in [0.4, 0.5) is 0 Å². The van der Waals surface area contributed by atoms with Crippen molar-refractivity contribution in [3.8, 4) is 0 Å². The molecule has 1 amide bonds. The molecule has 0 spiro atoms. The zero-order valence-electron chi connectivity index (χ0n) is 15.2. The maximum atomic E-state index is 12.4. The Bertz CT molecular complexity index is 498. The van der Waals surface area contributed by atoms with Crippen LogP contribution >= 0.6 is 0 Å². The van der Waals surface area contributed by atoms with Gasteiger partial charge in [-0.05, 0) is 57.7 Å². The van der Waals surface area contributed by atoms with Gasteiger partial charge in [-0.1, -0.05) is 43.7 Å². The van der Waals surface area contributed by atoms with E-state index in [4.69, 9.17) is 0 Å². The van der Waals surface area contributed by atoms with Gasteiger partial charge in [0.25, 0.3) is 0 Å². The Morgan fingerprint density at radius 3 is 2.46 bits per heavy atom. The fraction of sp³-hybridized carbons (Fsp3) is 0.650. The molecule has 2 N–H and O–H groups in total. The Balaban J connectivity index is 1.82. The predicted molar refractivity (Wildman–Crippen MR) is 97.7 cm³/mol. The van der Waals surface area contributed by atoms with Gasteiger partial charge < -0.3 is 10.4 Å². The lowest BCUT2D eigenvalue weighted by atomic mass is 9.87. The second kappa shape index (κ2) is 9.19. The maximum absolute atomic E-state index is 12.4. The van der Waals surface area contributed by atoms with E-state index in [1.165, 1.54) is 0 Å². The molecule has 2 rings (SSSR count). The molecule has 1 aromatic rings. The summed E-state index contributed by atoms with van der Waals surface area (Å²) >= 11 is 0. The molecule has 134 valence electrons. The summed E-state index contributed by atoms with van der Waals surface area (Å²) in [4.78, 5) is 14.6. The molecule has 1 fully saturated rings. The SMILES string of the molecule is CCCC(C)NC(=O)C(C)N1CCC(C(O)c2ccccc2)CC1. The zero-order valence-corrected chi connectivity index (χ0v) is 15.2. The first-order chi connectivity index (χ1) is 11.5. The molecule has 1 aromatic carbocycles. The summed E-state index contributed by atoms with van der Waals surface area (Å²) < 4.78 is 0. The highest BCUT2D eigenvalue weighted by Crippen LogP contribution is 2.31. The van der Waals surface area contributed by atoms with Crippen LogP contribution in [0, 0.1) is 5.92 Å². The highest BCUT2D eigenvalue weighted by Gasteiger charge is 2.30. The number of benzene rings is 1. The summed E-state index contributed by atoms with van der Waals surface area (Å²) in [6, 6.07) is 10.0. The quantitative estimate of drug-likeness (QED) is 0.806. The molecule has 0 aliphatic carbocycles. The normalized spacial score (nSPS) is 20.3. The van der Waals surface area contributed by atoms with Crippen LogP contribution in [0.5, 0.6) is 0 Å². The number of piperidine rings is 1. The van der Waals surface area contributed by atoms with Gasteiger partial charge in [0.05, 0.1) is 12.1 Å². The first-order valence-corrected chi connectivity index (χ1v) is 9.30. The van der Waals surface area contributed by atoms with Crippen molar-refractivity contribution < 1.29 is 9.90 Å². The van der Waals surface area contributed by atoms with Gasteiger partial charge in [-0.25, -0.2) is 0 Å². The lowest BCUT2D eigenvalue weighted by Crippen LogP contribution is -2.50. The number of nitrogens with one attached hydrogen (secondary N) is 1. The van der Waals surface area contributed by atoms with Crippen molar-refractivity contribution in [2.75, 3.05) is 13.1 Å². The lowest BCUT2D eigenvalue weighted by Gasteiger charge is -2.37. The van der Waals surface area contributed by atoms with Crippen molar-refractivity contribution in [3.63, 3.8) is 0 Å². The number of likely N-dealkylation sites (tertiary alicyclic amines) is 1. The Morgan fingerprint density at radius 1 is 1.25 bits per heavy atom. The van der Waals surface area contributed by atoms with Gasteiger partial charge in [-0.3, -0.25) is 9.69 Å². The van der Waals surface area contributed by atoms with Gasteiger partial charge in [0.1, 0.15) is 0 Å². The van der Waals surface area contributed by atoms with Gasteiger partial charge in [0.2, 0.25) is 5.91 Å². The smallest absolute Gasteiger partial charge is 0.237 e. The summed E-state index contributed by atoms with van der Waals surface area (Å²) in [6.45, 7) is 7.92. The maximum Gasteiger partial charge on any atom is 0.237 e. The van der Waals surface area contributed by atoms with Crippen molar-refractivity contribution in [2.45, 2.75) is 64.6 Å². The van der Waals surface area contributed by atoms with E-state index >= 15 is 0 Å². The standard InChI is InChI=1S/C20H32N2O2/c1-4-8-15(2)21-20(24)16(3)22-13-11-18(12-14-22)19(23)17-9-6-5-7-10-17/h5-7,9-10,15-16,18-19,23H,4,8,11-14H2,1-3H3,(H,21,24). The Labute approximate surface area is 146 Å². The van der Waals surface area contributed by atoms with E-state index in [9.17, 15) is 9.90 Å². The summed E-state index contributed by atoms with van der Waals surface area (Å²) in [5, 5.41) is 13.7. The molecule has 1 aliphatic heterocycles. The minimum atomic E-state index is -0.401. The number of hydrogen-bond donors (Lipinski definition) is 2. The second-order valence-corrected chi connectivity index (χ2v) is 7.10. The second-order valence-electron chi connectivity index (χ2n) is 7.10. The van der Waals surface area contributed by atoms with E-state index in [1.54, 1.807) is 0 Å². The fourth-order valence-corrected chi connectivity index (χ4v) is 3.58. The molecule has 24 heavy (non-hydrogen) atoms. The number of nitrogens with zero attached hydrogens (tertiary/aromatic N) is 1. The van der Waals surface area contributed by atoms with E-state index in [0.29, 0.717) is 0 Å². The van der Waals surface area contributed by atoms with Crippen molar-refractivity contribution >= 4 is 5.91 Å². The van der Waals surface area contributed by atoms with Crippen molar-refractivity contribution in [1.29, 1.82) is 0 Å². The van der Waals surface area contributed by atoms with E-state index in [1.807, 2.05) is 37.3 Å². The summed E-state index contributed by atoms with van der Waals surface area (Å²) in [5.74, 6) is 0.399. The third kappa shape index (κ3) is 5.05. The predicted octanol–water partition coefficient (Wildman–Crippen LogP) is 3.13. The van der Waals surface area contributed by atoms with Crippen LogP contribution in [0.25, 0.3) is 0 Å². The van der Waals surface area contributed by atoms with Crippen LogP contribution in [0.2, 0.25) is 0 Å². The Kier molecular flexibility index (Phi) is 7.25. The number of hydrogen-bond acceptors (Lipinski definition) is 3. The fourth-order valence-electron chi connectivity index (χ4n) is 3.58. The first kappa shape index (κ1) is 18.9. The third-order valence-corrected chi connectivity index (χ3v) is 5.20. The molecule has 4 heteroatoms. The van der Waals surface area contributed by atoms with Gasteiger partial charge in [-0.15, -0.1) is 0 Å².